The molecule has 0 heterocycles. The van der Waals surface area contributed by atoms with Crippen LogP contribution in [0.5, 0.6) is 0 Å². The Morgan fingerprint density at radius 1 is 1.57 bits per heavy atom. The van der Waals surface area contributed by atoms with Gasteiger partial charge in [0.2, 0.25) is 5.12 Å². The zero-order valence-electron chi connectivity index (χ0n) is 3.89. The van der Waals surface area contributed by atoms with Gasteiger partial charge in [0.05, 0.1) is 0 Å². The zero-order valence-corrected chi connectivity index (χ0v) is 4.70. The molecule has 0 rings (SSSR count). The molecule has 0 radical (unpaired) electrons. The number of hydrogen-bond donors (Lipinski definition) is 0. The van der Waals surface area contributed by atoms with Gasteiger partial charge in [0.1, 0.15) is 0 Å². The second-order valence-corrected chi connectivity index (χ2v) is 1.78. The lowest BCUT2D eigenvalue weighted by atomic mass is 10.7. The summed E-state index contributed by atoms with van der Waals surface area (Å²) in [5, 5.41) is 1.42. The van der Waals surface area contributed by atoms with Crippen LogP contribution >= 0.6 is 11.8 Å². The summed E-state index contributed by atoms with van der Waals surface area (Å²) in [5.74, 6) is 0. The predicted molar refractivity (Wildman–Crippen MR) is 33.0 cm³/mol. The van der Waals surface area contributed by atoms with E-state index in [1.807, 2.05) is 0 Å². The van der Waals surface area contributed by atoms with Crippen LogP contribution in [-0.2, 0) is 4.79 Å². The normalized spacial score (nSPS) is 7.43. The average molecular weight is 114 g/mol. The highest BCUT2D eigenvalue weighted by Crippen LogP contribution is 2.00. The van der Waals surface area contributed by atoms with Gasteiger partial charge in [-0.25, -0.2) is 0 Å². The van der Waals surface area contributed by atoms with Gasteiger partial charge in [-0.15, -0.1) is 0 Å². The van der Waals surface area contributed by atoms with Gasteiger partial charge in [0, 0.05) is 0 Å². The Labute approximate surface area is 47.1 Å². The first-order valence-electron chi connectivity index (χ1n) is 1.75. The molecule has 7 heavy (non-hydrogen) atoms. The molecule has 1 nitrogen and oxygen atoms in total. The van der Waals surface area contributed by atoms with E-state index in [9.17, 15) is 4.79 Å². The molecule has 0 atom stereocenters. The van der Waals surface area contributed by atoms with Gasteiger partial charge >= 0.3 is 0 Å². The Balaban J connectivity index is 3.36. The standard InChI is InChI=1S/C5H6OS/c1-3-5(6)7-4-2/h3-4H,1-2H2. The molecule has 0 aromatic rings. The largest absolute Gasteiger partial charge is 0.282 e. The molecule has 0 fully saturated rings. The first-order chi connectivity index (χ1) is 3.31. The molecule has 2 heteroatoms. The van der Waals surface area contributed by atoms with Crippen LogP contribution < -0.4 is 0 Å². The summed E-state index contributed by atoms with van der Waals surface area (Å²) in [7, 11) is 0. The van der Waals surface area contributed by atoms with Crippen molar-refractivity contribution in [2.24, 2.45) is 0 Å². The molecule has 0 amide bonds. The van der Waals surface area contributed by atoms with Crippen molar-refractivity contribution in [1.29, 1.82) is 0 Å². The SMILES string of the molecule is C=CSC(=O)C=C. The Morgan fingerprint density at radius 2 is 2.14 bits per heavy atom. The van der Waals surface area contributed by atoms with Crippen LogP contribution in [0, 0.1) is 0 Å². The minimum atomic E-state index is -0.0602. The van der Waals surface area contributed by atoms with Crippen LogP contribution in [-0.4, -0.2) is 5.12 Å². The maximum Gasteiger partial charge on any atom is 0.215 e. The van der Waals surface area contributed by atoms with E-state index in [4.69, 9.17) is 0 Å². The number of rotatable bonds is 2. The molecule has 0 bridgehead atoms. The van der Waals surface area contributed by atoms with Gasteiger partial charge in [-0.2, -0.15) is 0 Å². The fraction of sp³-hybridized carbons (Fsp3) is 0. The third kappa shape index (κ3) is 3.33. The van der Waals surface area contributed by atoms with E-state index >= 15 is 0 Å². The summed E-state index contributed by atoms with van der Waals surface area (Å²) in [6.07, 6.45) is 1.26. The van der Waals surface area contributed by atoms with Crippen LogP contribution in [0.4, 0.5) is 0 Å². The predicted octanol–water partition coefficient (Wildman–Crippen LogP) is 1.58. The van der Waals surface area contributed by atoms with Crippen molar-refractivity contribution < 1.29 is 4.79 Å². The number of thioether (sulfide) groups is 1. The molecule has 0 aromatic carbocycles. The minimum Gasteiger partial charge on any atom is -0.282 e. The fourth-order valence-corrected chi connectivity index (χ4v) is 0.391. The lowest BCUT2D eigenvalue weighted by molar-refractivity contribution is -0.106. The lowest BCUT2D eigenvalue weighted by Gasteiger charge is -1.77. The second-order valence-electron chi connectivity index (χ2n) is 0.808. The molecule has 0 saturated heterocycles. The maximum absolute atomic E-state index is 10.2. The Morgan fingerprint density at radius 3 is 2.29 bits per heavy atom. The van der Waals surface area contributed by atoms with Crippen molar-refractivity contribution >= 4 is 16.9 Å². The topological polar surface area (TPSA) is 17.1 Å². The van der Waals surface area contributed by atoms with Crippen molar-refractivity contribution in [2.45, 2.75) is 0 Å². The summed E-state index contributed by atoms with van der Waals surface area (Å²) >= 11 is 1.04. The molecule has 0 aromatic heterocycles. The molecule has 0 aliphatic rings. The van der Waals surface area contributed by atoms with Crippen LogP contribution in [0.3, 0.4) is 0 Å². The molecule has 0 aliphatic carbocycles. The van der Waals surface area contributed by atoms with Crippen molar-refractivity contribution in [3.05, 3.63) is 24.6 Å². The summed E-state index contributed by atoms with van der Waals surface area (Å²) in [4.78, 5) is 10.2. The van der Waals surface area contributed by atoms with Crippen molar-refractivity contribution in [3.8, 4) is 0 Å². The van der Waals surface area contributed by atoms with Crippen LogP contribution in [0.15, 0.2) is 24.6 Å². The van der Waals surface area contributed by atoms with E-state index in [0.29, 0.717) is 0 Å². The van der Waals surface area contributed by atoms with Crippen LogP contribution in [0.2, 0.25) is 0 Å². The average Bonchev–Trinajstić information content (AvgIpc) is 1.68. The molecule has 0 saturated carbocycles. The van der Waals surface area contributed by atoms with Gasteiger partial charge in [0.15, 0.2) is 0 Å². The highest BCUT2D eigenvalue weighted by molar-refractivity contribution is 8.16. The number of carbonyl (C=O) groups is 1. The van der Waals surface area contributed by atoms with Crippen LogP contribution in [0.1, 0.15) is 0 Å². The molecule has 0 spiro atoms. The van der Waals surface area contributed by atoms with Gasteiger partial charge < -0.3 is 0 Å². The minimum absolute atomic E-state index is 0.0602. The van der Waals surface area contributed by atoms with Gasteiger partial charge in [0.25, 0.3) is 0 Å². The lowest BCUT2D eigenvalue weighted by Crippen LogP contribution is -1.75. The Bertz CT molecular complexity index is 96.3. The third-order valence-electron chi connectivity index (χ3n) is 0.366. The molecule has 38 valence electrons. The van der Waals surface area contributed by atoms with Crippen LogP contribution in [0.25, 0.3) is 0 Å². The summed E-state index contributed by atoms with van der Waals surface area (Å²) in [5.41, 5.74) is 0. The smallest absolute Gasteiger partial charge is 0.215 e. The van der Waals surface area contributed by atoms with Gasteiger partial charge in [-0.05, 0) is 11.5 Å². The second kappa shape index (κ2) is 3.68. The van der Waals surface area contributed by atoms with E-state index in [2.05, 4.69) is 13.2 Å². The highest BCUT2D eigenvalue weighted by Gasteiger charge is 1.85. The quantitative estimate of drug-likeness (QED) is 0.507. The molecule has 0 unspecified atom stereocenters. The Hall–Kier alpha value is -0.500. The summed E-state index contributed by atoms with van der Waals surface area (Å²) < 4.78 is 0. The highest BCUT2D eigenvalue weighted by atomic mass is 32.2. The van der Waals surface area contributed by atoms with E-state index < -0.39 is 0 Å². The zero-order chi connectivity index (χ0) is 5.70. The maximum atomic E-state index is 10.2. The van der Waals surface area contributed by atoms with Crippen molar-refractivity contribution in [1.82, 2.24) is 0 Å². The first kappa shape index (κ1) is 6.50. The summed E-state index contributed by atoms with van der Waals surface area (Å²) in [6, 6.07) is 0. The van der Waals surface area contributed by atoms with E-state index in [1.54, 1.807) is 0 Å². The number of hydrogen-bond acceptors (Lipinski definition) is 2. The molecular formula is C5H6OS. The first-order valence-corrected chi connectivity index (χ1v) is 2.63. The van der Waals surface area contributed by atoms with E-state index in [1.165, 1.54) is 11.5 Å². The van der Waals surface area contributed by atoms with E-state index in [0.717, 1.165) is 11.8 Å². The third-order valence-corrected chi connectivity index (χ3v) is 0.932. The van der Waals surface area contributed by atoms with Gasteiger partial charge in [-0.1, -0.05) is 24.9 Å². The van der Waals surface area contributed by atoms with Crippen molar-refractivity contribution in [3.63, 3.8) is 0 Å². The molecule has 0 N–H and O–H groups in total. The Kier molecular flexibility index (Phi) is 3.42. The van der Waals surface area contributed by atoms with Gasteiger partial charge in [-0.3, -0.25) is 4.79 Å². The molecule has 0 aliphatic heterocycles. The molecular weight excluding hydrogens is 108 g/mol. The van der Waals surface area contributed by atoms with Crippen molar-refractivity contribution in [2.75, 3.05) is 0 Å². The number of carbonyl (C=O) groups excluding carboxylic acids is 1. The monoisotopic (exact) mass is 114 g/mol. The van der Waals surface area contributed by atoms with E-state index in [-0.39, 0.29) is 5.12 Å². The fourth-order valence-electron chi connectivity index (χ4n) is 0.130. The summed E-state index contributed by atoms with van der Waals surface area (Å²) in [6.45, 7) is 6.60.